The summed E-state index contributed by atoms with van der Waals surface area (Å²) in [6.45, 7) is 3.73. The number of carbonyl (C=O) groups is 1. The Balaban J connectivity index is 2.00. The minimum atomic E-state index is -0.725. The van der Waals surface area contributed by atoms with Crippen LogP contribution in [0.15, 0.2) is 12.3 Å². The van der Waals surface area contributed by atoms with E-state index in [2.05, 4.69) is 5.10 Å². The lowest BCUT2D eigenvalue weighted by molar-refractivity contribution is -0.123. The largest absolute Gasteiger partial charge is 0.319 e. The van der Waals surface area contributed by atoms with Crippen molar-refractivity contribution in [3.05, 3.63) is 18.0 Å². The second-order valence-corrected chi connectivity index (χ2v) is 5.60. The lowest BCUT2D eigenvalue weighted by atomic mass is 9.92. The minimum absolute atomic E-state index is 0.0710. The van der Waals surface area contributed by atoms with Crippen molar-refractivity contribution in [2.45, 2.75) is 64.0 Å². The minimum Gasteiger partial charge on any atom is -0.319 e. The maximum atomic E-state index is 12.0. The smallest absolute Gasteiger partial charge is 0.158 e. The Kier molecular flexibility index (Phi) is 3.85. The molecule has 1 aromatic rings. The monoisotopic (exact) mass is 249 g/mol. The van der Waals surface area contributed by atoms with E-state index in [1.165, 1.54) is 25.7 Å². The quantitative estimate of drug-likeness (QED) is 0.870. The molecule has 1 aliphatic carbocycles. The average Bonchev–Trinajstić information content (AvgIpc) is 2.98. The fraction of sp³-hybridized carbons (Fsp3) is 0.714. The molecule has 1 fully saturated rings. The highest BCUT2D eigenvalue weighted by Gasteiger charge is 2.26. The first-order valence-electron chi connectivity index (χ1n) is 6.89. The summed E-state index contributed by atoms with van der Waals surface area (Å²) in [6.07, 6.45) is 8.00. The molecule has 1 saturated carbocycles. The molecular formula is C14H23N3O. The molecule has 1 aliphatic rings. The predicted octanol–water partition coefficient (Wildman–Crippen LogP) is 2.24. The molecule has 4 heteroatoms. The van der Waals surface area contributed by atoms with E-state index in [9.17, 15) is 4.79 Å². The van der Waals surface area contributed by atoms with Gasteiger partial charge >= 0.3 is 0 Å². The Bertz CT molecular complexity index is 416. The van der Waals surface area contributed by atoms with E-state index in [-0.39, 0.29) is 5.78 Å². The summed E-state index contributed by atoms with van der Waals surface area (Å²) < 4.78 is 2.02. The number of hydrogen-bond donors (Lipinski definition) is 1. The Hall–Kier alpha value is -1.16. The van der Waals surface area contributed by atoms with Crippen LogP contribution in [0.25, 0.3) is 0 Å². The zero-order valence-corrected chi connectivity index (χ0v) is 11.4. The van der Waals surface area contributed by atoms with Crippen LogP contribution >= 0.6 is 0 Å². The molecule has 1 atom stereocenters. The summed E-state index contributed by atoms with van der Waals surface area (Å²) in [6, 6.07) is 2.48. The van der Waals surface area contributed by atoms with Gasteiger partial charge in [-0.05, 0) is 32.3 Å². The zero-order valence-electron chi connectivity index (χ0n) is 11.4. The van der Waals surface area contributed by atoms with Crippen LogP contribution in [0.2, 0.25) is 0 Å². The Morgan fingerprint density at radius 2 is 2.22 bits per heavy atom. The Morgan fingerprint density at radius 3 is 2.83 bits per heavy atom. The van der Waals surface area contributed by atoms with Crippen molar-refractivity contribution in [3.8, 4) is 0 Å². The van der Waals surface area contributed by atoms with Crippen LogP contribution in [-0.4, -0.2) is 21.1 Å². The number of carbonyl (C=O) groups excluding carboxylic acids is 1. The van der Waals surface area contributed by atoms with Crippen LogP contribution in [0.1, 0.15) is 57.7 Å². The van der Waals surface area contributed by atoms with E-state index in [0.717, 1.165) is 5.69 Å². The zero-order chi connectivity index (χ0) is 13.2. The van der Waals surface area contributed by atoms with Crippen LogP contribution in [-0.2, 0) is 11.2 Å². The number of hydrogen-bond acceptors (Lipinski definition) is 3. The van der Waals surface area contributed by atoms with Gasteiger partial charge in [-0.3, -0.25) is 9.48 Å². The highest BCUT2D eigenvalue weighted by Crippen LogP contribution is 2.28. The van der Waals surface area contributed by atoms with E-state index in [0.29, 0.717) is 18.9 Å². The van der Waals surface area contributed by atoms with Gasteiger partial charge in [0.1, 0.15) is 0 Å². The first-order valence-corrected chi connectivity index (χ1v) is 6.89. The number of aromatic nitrogens is 2. The van der Waals surface area contributed by atoms with Crippen molar-refractivity contribution >= 4 is 5.78 Å². The average molecular weight is 249 g/mol. The van der Waals surface area contributed by atoms with Gasteiger partial charge in [-0.15, -0.1) is 0 Å². The summed E-state index contributed by atoms with van der Waals surface area (Å²) in [5.41, 5.74) is 6.07. The van der Waals surface area contributed by atoms with Crippen LogP contribution < -0.4 is 5.73 Å². The third kappa shape index (κ3) is 2.80. The molecule has 18 heavy (non-hydrogen) atoms. The van der Waals surface area contributed by atoms with Gasteiger partial charge in [0.15, 0.2) is 5.78 Å². The number of Topliss-reactive ketones (excluding diaryl/α,β-unsaturated/α-hetero) is 1. The van der Waals surface area contributed by atoms with Crippen LogP contribution in [0.3, 0.4) is 0 Å². The summed E-state index contributed by atoms with van der Waals surface area (Å²) in [4.78, 5) is 12.0. The third-order valence-electron chi connectivity index (χ3n) is 4.08. The van der Waals surface area contributed by atoms with Gasteiger partial charge in [0.05, 0.1) is 23.7 Å². The third-order valence-corrected chi connectivity index (χ3v) is 4.08. The van der Waals surface area contributed by atoms with Gasteiger partial charge in [-0.2, -0.15) is 5.10 Å². The lowest BCUT2D eigenvalue weighted by Gasteiger charge is -2.20. The fourth-order valence-electron chi connectivity index (χ4n) is 2.41. The number of nitrogens with zero attached hydrogens (tertiary/aromatic N) is 2. The second-order valence-electron chi connectivity index (χ2n) is 5.60. The maximum Gasteiger partial charge on any atom is 0.158 e. The summed E-state index contributed by atoms with van der Waals surface area (Å²) in [7, 11) is 0. The van der Waals surface area contributed by atoms with Gasteiger partial charge in [-0.25, -0.2) is 0 Å². The van der Waals surface area contributed by atoms with Crippen LogP contribution in [0.5, 0.6) is 0 Å². The molecule has 0 saturated heterocycles. The molecule has 0 aromatic carbocycles. The highest BCUT2D eigenvalue weighted by molar-refractivity contribution is 5.89. The van der Waals surface area contributed by atoms with Crippen molar-refractivity contribution in [1.29, 1.82) is 0 Å². The SMILES string of the molecule is CCC(C)(N)C(=O)Cc1ccn(C2CCCC2)n1. The Morgan fingerprint density at radius 1 is 1.56 bits per heavy atom. The number of rotatable bonds is 5. The van der Waals surface area contributed by atoms with Crippen molar-refractivity contribution in [2.75, 3.05) is 0 Å². The van der Waals surface area contributed by atoms with E-state index >= 15 is 0 Å². The molecule has 0 bridgehead atoms. The Labute approximate surface area is 109 Å². The molecule has 4 nitrogen and oxygen atoms in total. The number of ketones is 1. The second kappa shape index (κ2) is 5.22. The van der Waals surface area contributed by atoms with Crippen LogP contribution in [0, 0.1) is 0 Å². The first-order chi connectivity index (χ1) is 8.53. The van der Waals surface area contributed by atoms with E-state index < -0.39 is 5.54 Å². The van der Waals surface area contributed by atoms with E-state index in [4.69, 9.17) is 5.73 Å². The highest BCUT2D eigenvalue weighted by atomic mass is 16.1. The molecular weight excluding hydrogens is 226 g/mol. The summed E-state index contributed by atoms with van der Waals surface area (Å²) >= 11 is 0. The normalized spacial score (nSPS) is 19.9. The van der Waals surface area contributed by atoms with Crippen molar-refractivity contribution in [3.63, 3.8) is 0 Å². The molecule has 0 amide bonds. The molecule has 0 aliphatic heterocycles. The molecule has 1 unspecified atom stereocenters. The lowest BCUT2D eigenvalue weighted by Crippen LogP contribution is -2.45. The van der Waals surface area contributed by atoms with Gasteiger partial charge < -0.3 is 5.73 Å². The first kappa shape index (κ1) is 13.3. The molecule has 0 radical (unpaired) electrons. The van der Waals surface area contributed by atoms with Crippen LogP contribution in [0.4, 0.5) is 0 Å². The molecule has 0 spiro atoms. The fourth-order valence-corrected chi connectivity index (χ4v) is 2.41. The predicted molar refractivity (Wildman–Crippen MR) is 71.3 cm³/mol. The van der Waals surface area contributed by atoms with E-state index in [1.54, 1.807) is 6.92 Å². The van der Waals surface area contributed by atoms with E-state index in [1.807, 2.05) is 23.9 Å². The molecule has 2 rings (SSSR count). The van der Waals surface area contributed by atoms with Gasteiger partial charge in [-0.1, -0.05) is 19.8 Å². The summed E-state index contributed by atoms with van der Waals surface area (Å²) in [5.74, 6) is 0.0710. The van der Waals surface area contributed by atoms with Crippen molar-refractivity contribution < 1.29 is 4.79 Å². The topological polar surface area (TPSA) is 60.9 Å². The molecule has 1 aromatic heterocycles. The van der Waals surface area contributed by atoms with Gasteiger partial charge in [0.2, 0.25) is 0 Å². The van der Waals surface area contributed by atoms with Gasteiger partial charge in [0.25, 0.3) is 0 Å². The van der Waals surface area contributed by atoms with Gasteiger partial charge in [0, 0.05) is 6.20 Å². The number of nitrogens with two attached hydrogens (primary N) is 1. The summed E-state index contributed by atoms with van der Waals surface area (Å²) in [5, 5.41) is 4.52. The molecule has 2 N–H and O–H groups in total. The van der Waals surface area contributed by atoms with Crippen molar-refractivity contribution in [2.24, 2.45) is 5.73 Å². The van der Waals surface area contributed by atoms with Crippen molar-refractivity contribution in [1.82, 2.24) is 9.78 Å². The standard InChI is InChI=1S/C14H23N3O/c1-3-14(2,15)13(18)10-11-8-9-17(16-11)12-6-4-5-7-12/h8-9,12H,3-7,10,15H2,1-2H3. The molecule has 1 heterocycles. The molecule has 100 valence electrons. The maximum absolute atomic E-state index is 12.0.